The summed E-state index contributed by atoms with van der Waals surface area (Å²) >= 11 is 3.39. The van der Waals surface area contributed by atoms with Crippen molar-refractivity contribution in [3.05, 3.63) is 64.9 Å². The second-order valence-corrected chi connectivity index (χ2v) is 5.31. The van der Waals surface area contributed by atoms with E-state index in [1.54, 1.807) is 0 Å². The average Bonchev–Trinajstić information content (AvgIpc) is 2.39. The predicted octanol–water partition coefficient (Wildman–Crippen LogP) is 2.61. The maximum atomic E-state index is 12.0. The predicted molar refractivity (Wildman–Crippen MR) is 77.3 cm³/mol. The summed E-state index contributed by atoms with van der Waals surface area (Å²) in [4.78, 5) is 12.0. The Balaban J connectivity index is 1.95. The molecule has 1 amide bonds. The normalized spacial score (nSPS) is 11.9. The molecule has 2 aromatic rings. The SMILES string of the molecule is C[C@@H](NC(=O)C[n+]1cccc(Br)c1)c1ccccc1. The van der Waals surface area contributed by atoms with Gasteiger partial charge in [0.05, 0.1) is 10.5 Å². The van der Waals surface area contributed by atoms with Crippen molar-refractivity contribution in [2.24, 2.45) is 0 Å². The molecule has 19 heavy (non-hydrogen) atoms. The van der Waals surface area contributed by atoms with Gasteiger partial charge in [0.15, 0.2) is 12.4 Å². The molecule has 98 valence electrons. The van der Waals surface area contributed by atoms with Gasteiger partial charge in [-0.2, -0.15) is 4.57 Å². The molecule has 0 bridgehead atoms. The molecule has 1 aromatic heterocycles. The molecule has 1 N–H and O–H groups in total. The van der Waals surface area contributed by atoms with Crippen LogP contribution in [0, 0.1) is 0 Å². The Morgan fingerprint density at radius 3 is 2.68 bits per heavy atom. The van der Waals surface area contributed by atoms with E-state index in [9.17, 15) is 4.79 Å². The molecule has 2 rings (SSSR count). The van der Waals surface area contributed by atoms with Gasteiger partial charge < -0.3 is 5.32 Å². The standard InChI is InChI=1S/C15H15BrN2O/c1-12(13-6-3-2-4-7-13)17-15(19)11-18-9-5-8-14(16)10-18/h2-10,12H,11H2,1H3/p+1/t12-/m1/s1. The Morgan fingerprint density at radius 1 is 1.26 bits per heavy atom. The molecule has 0 unspecified atom stereocenters. The van der Waals surface area contributed by atoms with Crippen molar-refractivity contribution in [3.63, 3.8) is 0 Å². The van der Waals surface area contributed by atoms with Crippen LogP contribution in [-0.4, -0.2) is 5.91 Å². The van der Waals surface area contributed by atoms with Crippen LogP contribution in [0.15, 0.2) is 59.3 Å². The van der Waals surface area contributed by atoms with Crippen LogP contribution in [0.2, 0.25) is 0 Å². The Labute approximate surface area is 121 Å². The van der Waals surface area contributed by atoms with E-state index >= 15 is 0 Å². The minimum atomic E-state index is -0.000506. The van der Waals surface area contributed by atoms with Crippen molar-refractivity contribution >= 4 is 21.8 Å². The molecule has 0 aliphatic rings. The molecule has 4 heteroatoms. The second kappa shape index (κ2) is 6.48. The molecule has 1 heterocycles. The number of aromatic nitrogens is 1. The lowest BCUT2D eigenvalue weighted by Gasteiger charge is -2.12. The lowest BCUT2D eigenvalue weighted by atomic mass is 10.1. The van der Waals surface area contributed by atoms with Crippen LogP contribution in [0.4, 0.5) is 0 Å². The molecule has 0 aliphatic carbocycles. The first-order valence-electron chi connectivity index (χ1n) is 6.14. The summed E-state index contributed by atoms with van der Waals surface area (Å²) in [6.45, 7) is 2.30. The Hall–Kier alpha value is -1.68. The largest absolute Gasteiger partial charge is 0.344 e. The lowest BCUT2D eigenvalue weighted by Crippen LogP contribution is -2.43. The first-order chi connectivity index (χ1) is 9.15. The maximum Gasteiger partial charge on any atom is 0.286 e. The first kappa shape index (κ1) is 13.7. The molecule has 0 aliphatic heterocycles. The molecular formula is C15H16BrN2O+. The smallest absolute Gasteiger partial charge is 0.286 e. The van der Waals surface area contributed by atoms with E-state index in [1.807, 2.05) is 66.3 Å². The van der Waals surface area contributed by atoms with Gasteiger partial charge in [0, 0.05) is 6.07 Å². The monoisotopic (exact) mass is 319 g/mol. The molecule has 0 spiro atoms. The zero-order chi connectivity index (χ0) is 13.7. The van der Waals surface area contributed by atoms with Crippen molar-refractivity contribution in [3.8, 4) is 0 Å². The molecular weight excluding hydrogens is 304 g/mol. The number of hydrogen-bond donors (Lipinski definition) is 1. The topological polar surface area (TPSA) is 33.0 Å². The number of pyridine rings is 1. The second-order valence-electron chi connectivity index (χ2n) is 4.39. The zero-order valence-corrected chi connectivity index (χ0v) is 12.3. The Kier molecular flexibility index (Phi) is 4.68. The molecule has 3 nitrogen and oxygen atoms in total. The number of nitrogens with zero attached hydrogens (tertiary/aromatic N) is 1. The van der Waals surface area contributed by atoms with Gasteiger partial charge in [-0.1, -0.05) is 30.3 Å². The summed E-state index contributed by atoms with van der Waals surface area (Å²) in [6, 6.07) is 13.8. The molecule has 0 fully saturated rings. The maximum absolute atomic E-state index is 12.0. The third-order valence-corrected chi connectivity index (χ3v) is 3.29. The molecule has 0 radical (unpaired) electrons. The molecule has 0 saturated carbocycles. The number of hydrogen-bond acceptors (Lipinski definition) is 1. The van der Waals surface area contributed by atoms with E-state index < -0.39 is 0 Å². The van der Waals surface area contributed by atoms with Crippen molar-refractivity contribution in [2.75, 3.05) is 0 Å². The Morgan fingerprint density at radius 2 is 2.00 bits per heavy atom. The minimum Gasteiger partial charge on any atom is -0.344 e. The number of benzene rings is 1. The van der Waals surface area contributed by atoms with Gasteiger partial charge in [-0.25, -0.2) is 0 Å². The minimum absolute atomic E-state index is 0.000506. The van der Waals surface area contributed by atoms with Gasteiger partial charge in [0.25, 0.3) is 5.91 Å². The van der Waals surface area contributed by atoms with E-state index in [0.717, 1.165) is 10.0 Å². The fourth-order valence-corrected chi connectivity index (χ4v) is 2.28. The van der Waals surface area contributed by atoms with E-state index in [0.29, 0.717) is 6.54 Å². The van der Waals surface area contributed by atoms with Gasteiger partial charge in [0.2, 0.25) is 6.54 Å². The number of nitrogens with one attached hydrogen (secondary N) is 1. The quantitative estimate of drug-likeness (QED) is 0.863. The number of carbonyl (C=O) groups excluding carboxylic acids is 1. The summed E-state index contributed by atoms with van der Waals surface area (Å²) in [6.07, 6.45) is 3.75. The third kappa shape index (κ3) is 4.17. The highest BCUT2D eigenvalue weighted by atomic mass is 79.9. The number of rotatable bonds is 4. The molecule has 0 saturated heterocycles. The van der Waals surface area contributed by atoms with E-state index in [-0.39, 0.29) is 11.9 Å². The fraction of sp³-hybridized carbons (Fsp3) is 0.200. The highest BCUT2D eigenvalue weighted by Gasteiger charge is 2.13. The summed E-state index contributed by atoms with van der Waals surface area (Å²) in [5.41, 5.74) is 1.11. The van der Waals surface area contributed by atoms with Crippen molar-refractivity contribution in [1.82, 2.24) is 5.32 Å². The van der Waals surface area contributed by atoms with Crippen LogP contribution in [0.5, 0.6) is 0 Å². The van der Waals surface area contributed by atoms with Gasteiger partial charge >= 0.3 is 0 Å². The average molecular weight is 320 g/mol. The van der Waals surface area contributed by atoms with Crippen LogP contribution in [-0.2, 0) is 11.3 Å². The molecule has 1 aromatic carbocycles. The number of carbonyl (C=O) groups is 1. The fourth-order valence-electron chi connectivity index (χ4n) is 1.87. The van der Waals surface area contributed by atoms with Crippen molar-refractivity contribution < 1.29 is 9.36 Å². The summed E-state index contributed by atoms with van der Waals surface area (Å²) in [5, 5.41) is 2.99. The van der Waals surface area contributed by atoms with Crippen LogP contribution in [0.3, 0.4) is 0 Å². The van der Waals surface area contributed by atoms with Crippen LogP contribution in [0.1, 0.15) is 18.5 Å². The highest BCUT2D eigenvalue weighted by Crippen LogP contribution is 2.10. The van der Waals surface area contributed by atoms with E-state index in [1.165, 1.54) is 0 Å². The van der Waals surface area contributed by atoms with Gasteiger partial charge in [-0.15, -0.1) is 0 Å². The summed E-state index contributed by atoms with van der Waals surface area (Å²) in [5.74, 6) is -0.000506. The highest BCUT2D eigenvalue weighted by molar-refractivity contribution is 9.10. The third-order valence-electron chi connectivity index (χ3n) is 2.83. The van der Waals surface area contributed by atoms with Crippen molar-refractivity contribution in [2.45, 2.75) is 19.5 Å². The number of amides is 1. The van der Waals surface area contributed by atoms with Crippen LogP contribution < -0.4 is 9.88 Å². The van der Waals surface area contributed by atoms with Crippen molar-refractivity contribution in [1.29, 1.82) is 0 Å². The Bertz CT molecular complexity index is 557. The van der Waals surface area contributed by atoms with Gasteiger partial charge in [-0.3, -0.25) is 4.79 Å². The lowest BCUT2D eigenvalue weighted by molar-refractivity contribution is -0.685. The van der Waals surface area contributed by atoms with Gasteiger partial charge in [0.1, 0.15) is 0 Å². The zero-order valence-electron chi connectivity index (χ0n) is 10.7. The van der Waals surface area contributed by atoms with Crippen LogP contribution in [0.25, 0.3) is 0 Å². The number of halogens is 1. The first-order valence-corrected chi connectivity index (χ1v) is 6.93. The summed E-state index contributed by atoms with van der Waals surface area (Å²) < 4.78 is 2.80. The van der Waals surface area contributed by atoms with E-state index in [4.69, 9.17) is 0 Å². The van der Waals surface area contributed by atoms with E-state index in [2.05, 4.69) is 21.2 Å². The molecule has 1 atom stereocenters. The van der Waals surface area contributed by atoms with Crippen LogP contribution >= 0.6 is 15.9 Å². The summed E-state index contributed by atoms with van der Waals surface area (Å²) in [7, 11) is 0. The van der Waals surface area contributed by atoms with Gasteiger partial charge in [-0.05, 0) is 34.5 Å².